The van der Waals surface area contributed by atoms with E-state index < -0.39 is 0 Å². The van der Waals surface area contributed by atoms with E-state index in [1.165, 1.54) is 5.56 Å². The minimum Gasteiger partial charge on any atom is -0.398 e. The van der Waals surface area contributed by atoms with Crippen LogP contribution >= 0.6 is 12.6 Å². The maximum Gasteiger partial charge on any atom is 0.0387 e. The number of anilines is 1. The van der Waals surface area contributed by atoms with Crippen LogP contribution in [0.4, 0.5) is 5.69 Å². The molecule has 0 aliphatic rings. The zero-order valence-corrected chi connectivity index (χ0v) is 9.43. The largest absolute Gasteiger partial charge is 0.398 e. The lowest BCUT2D eigenvalue weighted by molar-refractivity contribution is 1.14. The van der Waals surface area contributed by atoms with Gasteiger partial charge in [-0.15, -0.1) is 0 Å². The molecule has 0 aromatic heterocycles. The maximum absolute atomic E-state index is 5.86. The summed E-state index contributed by atoms with van der Waals surface area (Å²) in [7, 11) is 0. The van der Waals surface area contributed by atoms with Gasteiger partial charge in [-0.1, -0.05) is 25.1 Å². The molecule has 0 saturated carbocycles. The first-order valence-electron chi connectivity index (χ1n) is 4.93. The normalized spacial score (nSPS) is 11.0. The highest BCUT2D eigenvalue weighted by Crippen LogP contribution is 2.16. The quantitative estimate of drug-likeness (QED) is 0.575. The highest BCUT2D eigenvalue weighted by atomic mass is 32.1. The molecule has 0 atom stereocenters. The highest BCUT2D eigenvalue weighted by Gasteiger charge is 1.95. The standard InChI is InChI=1S/C12H17NS/c1-2-10-6-7-12(13)11(9-10)5-3-4-8-14/h3,5-7,9,14H,2,4,8,13H2,1H3. The minimum atomic E-state index is 0.845. The van der Waals surface area contributed by atoms with Crippen molar-refractivity contribution in [2.45, 2.75) is 19.8 Å². The summed E-state index contributed by atoms with van der Waals surface area (Å²) < 4.78 is 0. The van der Waals surface area contributed by atoms with Gasteiger partial charge in [0.05, 0.1) is 0 Å². The summed E-state index contributed by atoms with van der Waals surface area (Å²) in [4.78, 5) is 0. The van der Waals surface area contributed by atoms with Crippen LogP contribution in [0.5, 0.6) is 0 Å². The second kappa shape index (κ2) is 5.76. The van der Waals surface area contributed by atoms with Gasteiger partial charge in [0.2, 0.25) is 0 Å². The second-order valence-corrected chi connectivity index (χ2v) is 3.68. The van der Waals surface area contributed by atoms with E-state index in [1.54, 1.807) is 0 Å². The number of thiol groups is 1. The molecule has 1 aromatic carbocycles. The van der Waals surface area contributed by atoms with Crippen LogP contribution in [0.25, 0.3) is 6.08 Å². The lowest BCUT2D eigenvalue weighted by Crippen LogP contribution is -1.91. The van der Waals surface area contributed by atoms with Crippen LogP contribution in [0, 0.1) is 0 Å². The first-order valence-corrected chi connectivity index (χ1v) is 5.57. The number of rotatable bonds is 4. The monoisotopic (exact) mass is 207 g/mol. The van der Waals surface area contributed by atoms with Crippen molar-refractivity contribution in [3.8, 4) is 0 Å². The van der Waals surface area contributed by atoms with Crippen molar-refractivity contribution in [2.24, 2.45) is 0 Å². The molecule has 2 heteroatoms. The van der Waals surface area contributed by atoms with Crippen LogP contribution < -0.4 is 5.73 Å². The fourth-order valence-electron chi connectivity index (χ4n) is 1.27. The average molecular weight is 207 g/mol. The molecule has 0 aliphatic carbocycles. The van der Waals surface area contributed by atoms with E-state index in [0.717, 1.165) is 29.8 Å². The van der Waals surface area contributed by atoms with Gasteiger partial charge in [-0.2, -0.15) is 12.6 Å². The summed E-state index contributed by atoms with van der Waals surface area (Å²) in [6.07, 6.45) is 6.22. The van der Waals surface area contributed by atoms with Gasteiger partial charge in [0.25, 0.3) is 0 Å². The average Bonchev–Trinajstić information content (AvgIpc) is 2.21. The van der Waals surface area contributed by atoms with Gasteiger partial charge in [0.1, 0.15) is 0 Å². The van der Waals surface area contributed by atoms with Crippen LogP contribution in [0.3, 0.4) is 0 Å². The molecule has 0 bridgehead atoms. The van der Waals surface area contributed by atoms with E-state index in [2.05, 4.69) is 43.8 Å². The molecule has 0 heterocycles. The predicted molar refractivity (Wildman–Crippen MR) is 67.7 cm³/mol. The zero-order chi connectivity index (χ0) is 10.4. The van der Waals surface area contributed by atoms with Crippen molar-refractivity contribution in [1.82, 2.24) is 0 Å². The Hall–Kier alpha value is -0.890. The number of benzene rings is 1. The molecule has 1 rings (SSSR count). The maximum atomic E-state index is 5.86. The molecular formula is C12H17NS. The Bertz CT molecular complexity index is 318. The summed E-state index contributed by atoms with van der Waals surface area (Å²) in [6, 6.07) is 6.19. The summed E-state index contributed by atoms with van der Waals surface area (Å²) in [5, 5.41) is 0. The van der Waals surface area contributed by atoms with Crippen molar-refractivity contribution in [3.05, 3.63) is 35.4 Å². The van der Waals surface area contributed by atoms with Crippen LogP contribution in [-0.4, -0.2) is 5.75 Å². The summed E-state index contributed by atoms with van der Waals surface area (Å²) >= 11 is 4.15. The number of nitrogen functional groups attached to an aromatic ring is 1. The Labute approximate surface area is 91.4 Å². The van der Waals surface area contributed by atoms with Crippen molar-refractivity contribution >= 4 is 24.4 Å². The first-order chi connectivity index (χ1) is 6.77. The van der Waals surface area contributed by atoms with E-state index in [9.17, 15) is 0 Å². The summed E-state index contributed by atoms with van der Waals surface area (Å²) in [5.74, 6) is 0.879. The molecule has 0 unspecified atom stereocenters. The molecule has 2 N–H and O–H groups in total. The van der Waals surface area contributed by atoms with Crippen molar-refractivity contribution in [3.63, 3.8) is 0 Å². The lowest BCUT2D eigenvalue weighted by Gasteiger charge is -2.03. The molecule has 14 heavy (non-hydrogen) atoms. The molecule has 76 valence electrons. The Morgan fingerprint density at radius 1 is 1.43 bits per heavy atom. The summed E-state index contributed by atoms with van der Waals surface area (Å²) in [5.41, 5.74) is 9.14. The Morgan fingerprint density at radius 2 is 2.21 bits per heavy atom. The number of hydrogen-bond acceptors (Lipinski definition) is 2. The van der Waals surface area contributed by atoms with Gasteiger partial charge in [-0.3, -0.25) is 0 Å². The molecule has 0 amide bonds. The van der Waals surface area contributed by atoms with Gasteiger partial charge < -0.3 is 5.73 Å². The third-order valence-corrected chi connectivity index (χ3v) is 2.41. The summed E-state index contributed by atoms with van der Waals surface area (Å²) in [6.45, 7) is 2.15. The topological polar surface area (TPSA) is 26.0 Å². The van der Waals surface area contributed by atoms with Gasteiger partial charge in [0.15, 0.2) is 0 Å². The van der Waals surface area contributed by atoms with E-state index in [-0.39, 0.29) is 0 Å². The molecule has 1 nitrogen and oxygen atoms in total. The van der Waals surface area contributed by atoms with Gasteiger partial charge in [-0.25, -0.2) is 0 Å². The number of allylic oxidation sites excluding steroid dienone is 1. The van der Waals surface area contributed by atoms with Gasteiger partial charge in [0, 0.05) is 5.69 Å². The van der Waals surface area contributed by atoms with Crippen LogP contribution in [0.1, 0.15) is 24.5 Å². The fourth-order valence-corrected chi connectivity index (χ4v) is 1.42. The molecular weight excluding hydrogens is 190 g/mol. The van der Waals surface area contributed by atoms with Gasteiger partial charge >= 0.3 is 0 Å². The minimum absolute atomic E-state index is 0.845. The van der Waals surface area contributed by atoms with Crippen LogP contribution in [0.2, 0.25) is 0 Å². The highest BCUT2D eigenvalue weighted by molar-refractivity contribution is 7.80. The molecule has 0 saturated heterocycles. The Kier molecular flexibility index (Phi) is 4.60. The van der Waals surface area contributed by atoms with Crippen LogP contribution in [-0.2, 0) is 6.42 Å². The Morgan fingerprint density at radius 3 is 2.86 bits per heavy atom. The number of nitrogens with two attached hydrogens (primary N) is 1. The lowest BCUT2D eigenvalue weighted by atomic mass is 10.1. The van der Waals surface area contributed by atoms with E-state index >= 15 is 0 Å². The van der Waals surface area contributed by atoms with Crippen molar-refractivity contribution < 1.29 is 0 Å². The second-order valence-electron chi connectivity index (χ2n) is 3.23. The van der Waals surface area contributed by atoms with E-state index in [4.69, 9.17) is 5.73 Å². The molecule has 0 aliphatic heterocycles. The predicted octanol–water partition coefficient (Wildman–Crippen LogP) is 3.16. The molecule has 0 radical (unpaired) electrons. The molecule has 0 spiro atoms. The van der Waals surface area contributed by atoms with Crippen molar-refractivity contribution in [1.29, 1.82) is 0 Å². The van der Waals surface area contributed by atoms with E-state index in [1.807, 2.05) is 6.07 Å². The third kappa shape index (κ3) is 3.11. The third-order valence-electron chi connectivity index (χ3n) is 2.15. The number of hydrogen-bond donors (Lipinski definition) is 2. The Balaban J connectivity index is 2.83. The SMILES string of the molecule is CCc1ccc(N)c(C=CCCS)c1. The zero-order valence-electron chi connectivity index (χ0n) is 8.53. The van der Waals surface area contributed by atoms with Gasteiger partial charge in [-0.05, 0) is 41.9 Å². The van der Waals surface area contributed by atoms with Crippen molar-refractivity contribution in [2.75, 3.05) is 11.5 Å². The molecule has 0 fully saturated rings. The van der Waals surface area contributed by atoms with E-state index in [0.29, 0.717) is 0 Å². The fraction of sp³-hybridized carbons (Fsp3) is 0.333. The smallest absolute Gasteiger partial charge is 0.0387 e. The van der Waals surface area contributed by atoms with Crippen LogP contribution in [0.15, 0.2) is 24.3 Å². The number of aryl methyl sites for hydroxylation is 1. The first kappa shape index (κ1) is 11.2. The molecule has 1 aromatic rings.